The lowest BCUT2D eigenvalue weighted by molar-refractivity contribution is -0.113. The minimum absolute atomic E-state index is 0.137. The smallest absolute Gasteiger partial charge is 0.270 e. The Morgan fingerprint density at radius 3 is 2.65 bits per heavy atom. The summed E-state index contributed by atoms with van der Waals surface area (Å²) in [5.41, 5.74) is 1.61. The summed E-state index contributed by atoms with van der Waals surface area (Å²) >= 11 is 12.7. The van der Waals surface area contributed by atoms with Crippen LogP contribution >= 0.6 is 35.6 Å². The lowest BCUT2D eigenvalue weighted by Crippen LogP contribution is -2.27. The molecule has 2 aromatic carbocycles. The van der Waals surface area contributed by atoms with Gasteiger partial charge in [-0.15, -0.1) is 0 Å². The van der Waals surface area contributed by atoms with Crippen LogP contribution in [-0.2, 0) is 4.79 Å². The molecule has 0 aromatic heterocycles. The number of hydrogen-bond acceptors (Lipinski definition) is 4. The van der Waals surface area contributed by atoms with E-state index >= 15 is 0 Å². The van der Waals surface area contributed by atoms with E-state index in [-0.39, 0.29) is 12.0 Å². The number of hydrogen-bond donors (Lipinski definition) is 0. The number of carbonyl (C=O) groups excluding carboxylic acids is 1. The number of thiocarbonyl (C=S) groups is 1. The maximum atomic E-state index is 12.8. The Morgan fingerprint density at radius 1 is 1.27 bits per heavy atom. The lowest BCUT2D eigenvalue weighted by Gasteiger charge is -2.14. The second-order valence-electron chi connectivity index (χ2n) is 5.90. The molecule has 1 heterocycles. The number of halogens is 1. The van der Waals surface area contributed by atoms with E-state index in [0.29, 0.717) is 19.9 Å². The number of ether oxygens (including phenoxy) is 1. The molecule has 0 unspecified atom stereocenters. The first-order valence-electron chi connectivity index (χ1n) is 8.28. The van der Waals surface area contributed by atoms with Crippen molar-refractivity contribution in [2.75, 3.05) is 4.90 Å². The number of nitrogens with zero attached hydrogens (tertiary/aromatic N) is 1. The van der Waals surface area contributed by atoms with Crippen LogP contribution in [0, 0.1) is 0 Å². The number of carbonyl (C=O) groups is 1. The molecule has 1 fully saturated rings. The Kier molecular flexibility index (Phi) is 6.01. The van der Waals surface area contributed by atoms with Crippen LogP contribution in [0.25, 0.3) is 6.08 Å². The average Bonchev–Trinajstić information content (AvgIpc) is 2.90. The van der Waals surface area contributed by atoms with Gasteiger partial charge in [-0.3, -0.25) is 9.69 Å². The van der Waals surface area contributed by atoms with Gasteiger partial charge in [-0.2, -0.15) is 0 Å². The van der Waals surface area contributed by atoms with E-state index in [2.05, 4.69) is 6.92 Å². The van der Waals surface area contributed by atoms with Crippen LogP contribution in [0.3, 0.4) is 0 Å². The Hall–Kier alpha value is -1.82. The SMILES string of the molecule is CC[C@@H](C)Oc1ccc(/C=C2/SC(=S)N(c3cccc(Cl)c3)C2=O)cc1. The summed E-state index contributed by atoms with van der Waals surface area (Å²) in [7, 11) is 0. The second kappa shape index (κ2) is 8.25. The van der Waals surface area contributed by atoms with Crippen LogP contribution in [0.2, 0.25) is 5.02 Å². The summed E-state index contributed by atoms with van der Waals surface area (Å²) in [6, 6.07) is 14.8. The number of thioether (sulfide) groups is 1. The molecular formula is C20H18ClNO2S2. The molecule has 2 aromatic rings. The van der Waals surface area contributed by atoms with Crippen LogP contribution in [0.15, 0.2) is 53.4 Å². The highest BCUT2D eigenvalue weighted by atomic mass is 35.5. The first kappa shape index (κ1) is 19.0. The molecule has 1 aliphatic rings. The van der Waals surface area contributed by atoms with Crippen LogP contribution in [-0.4, -0.2) is 16.3 Å². The third kappa shape index (κ3) is 4.29. The first-order chi connectivity index (χ1) is 12.5. The van der Waals surface area contributed by atoms with Crippen LogP contribution in [0.1, 0.15) is 25.8 Å². The normalized spacial score (nSPS) is 17.0. The van der Waals surface area contributed by atoms with Gasteiger partial charge in [0.1, 0.15) is 5.75 Å². The highest BCUT2D eigenvalue weighted by molar-refractivity contribution is 8.27. The molecule has 1 aliphatic heterocycles. The van der Waals surface area contributed by atoms with E-state index in [1.807, 2.05) is 43.3 Å². The van der Waals surface area contributed by atoms with Crippen molar-refractivity contribution in [2.24, 2.45) is 0 Å². The van der Waals surface area contributed by atoms with Gasteiger partial charge < -0.3 is 4.74 Å². The fourth-order valence-corrected chi connectivity index (χ4v) is 3.90. The number of benzene rings is 2. The molecule has 0 aliphatic carbocycles. The van der Waals surface area contributed by atoms with Crippen LogP contribution in [0.4, 0.5) is 5.69 Å². The van der Waals surface area contributed by atoms with Crippen molar-refractivity contribution in [1.29, 1.82) is 0 Å². The van der Waals surface area contributed by atoms with Gasteiger partial charge in [-0.1, -0.05) is 60.7 Å². The molecule has 3 nitrogen and oxygen atoms in total. The molecule has 1 saturated heterocycles. The largest absolute Gasteiger partial charge is 0.491 e. The molecule has 6 heteroatoms. The topological polar surface area (TPSA) is 29.5 Å². The zero-order valence-electron chi connectivity index (χ0n) is 14.4. The van der Waals surface area contributed by atoms with Crippen molar-refractivity contribution in [3.8, 4) is 5.75 Å². The van der Waals surface area contributed by atoms with Gasteiger partial charge in [-0.25, -0.2) is 0 Å². The summed E-state index contributed by atoms with van der Waals surface area (Å²) in [5.74, 6) is 0.685. The lowest BCUT2D eigenvalue weighted by atomic mass is 10.2. The summed E-state index contributed by atoms with van der Waals surface area (Å²) in [6.07, 6.45) is 2.97. The Bertz CT molecular complexity index is 864. The zero-order chi connectivity index (χ0) is 18.7. The number of anilines is 1. The minimum atomic E-state index is -0.137. The molecule has 0 bridgehead atoms. The molecule has 0 spiro atoms. The van der Waals surface area contributed by atoms with Gasteiger partial charge in [0.25, 0.3) is 5.91 Å². The highest BCUT2D eigenvalue weighted by Gasteiger charge is 2.33. The van der Waals surface area contributed by atoms with Gasteiger partial charge in [0, 0.05) is 5.02 Å². The Balaban J connectivity index is 1.79. The first-order valence-corrected chi connectivity index (χ1v) is 9.88. The van der Waals surface area contributed by atoms with Crippen molar-refractivity contribution in [2.45, 2.75) is 26.4 Å². The Labute approximate surface area is 168 Å². The monoisotopic (exact) mass is 403 g/mol. The van der Waals surface area contributed by atoms with E-state index in [1.165, 1.54) is 16.7 Å². The van der Waals surface area contributed by atoms with Crippen molar-refractivity contribution in [3.63, 3.8) is 0 Å². The van der Waals surface area contributed by atoms with Gasteiger partial charge in [0.15, 0.2) is 4.32 Å². The Morgan fingerprint density at radius 2 is 2.00 bits per heavy atom. The maximum Gasteiger partial charge on any atom is 0.270 e. The maximum absolute atomic E-state index is 12.8. The minimum Gasteiger partial charge on any atom is -0.491 e. The summed E-state index contributed by atoms with van der Waals surface area (Å²) < 4.78 is 6.28. The van der Waals surface area contributed by atoms with E-state index in [1.54, 1.807) is 18.2 Å². The number of amides is 1. The quantitative estimate of drug-likeness (QED) is 0.457. The van der Waals surface area contributed by atoms with Gasteiger partial charge >= 0.3 is 0 Å². The summed E-state index contributed by atoms with van der Waals surface area (Å²) in [5, 5.41) is 0.567. The molecule has 1 atom stereocenters. The van der Waals surface area contributed by atoms with E-state index in [4.69, 9.17) is 28.6 Å². The van der Waals surface area contributed by atoms with Gasteiger partial charge in [-0.05, 0) is 55.3 Å². The number of rotatable bonds is 5. The van der Waals surface area contributed by atoms with E-state index < -0.39 is 0 Å². The van der Waals surface area contributed by atoms with Crippen LogP contribution in [0.5, 0.6) is 5.75 Å². The van der Waals surface area contributed by atoms with Crippen molar-refractivity contribution >= 4 is 57.6 Å². The fourth-order valence-electron chi connectivity index (χ4n) is 2.42. The standard InChI is InChI=1S/C20H18ClNO2S2/c1-3-13(2)24-17-9-7-14(8-10-17)11-18-19(23)22(20(25)26-18)16-6-4-5-15(21)12-16/h4-13H,3H2,1-2H3/b18-11+/t13-/m1/s1. The van der Waals surface area contributed by atoms with E-state index in [9.17, 15) is 4.79 Å². The molecule has 0 radical (unpaired) electrons. The van der Waals surface area contributed by atoms with Crippen molar-refractivity contribution in [1.82, 2.24) is 0 Å². The van der Waals surface area contributed by atoms with E-state index in [0.717, 1.165) is 17.7 Å². The predicted octanol–water partition coefficient (Wildman–Crippen LogP) is 5.92. The average molecular weight is 404 g/mol. The fraction of sp³-hybridized carbons (Fsp3) is 0.200. The summed E-state index contributed by atoms with van der Waals surface area (Å²) in [4.78, 5) is 14.9. The van der Waals surface area contributed by atoms with Gasteiger partial charge in [0.05, 0.1) is 16.7 Å². The molecule has 3 rings (SSSR count). The highest BCUT2D eigenvalue weighted by Crippen LogP contribution is 2.36. The van der Waals surface area contributed by atoms with Crippen molar-refractivity contribution in [3.05, 3.63) is 64.0 Å². The molecule has 0 saturated carbocycles. The van der Waals surface area contributed by atoms with Gasteiger partial charge in [0.2, 0.25) is 0 Å². The predicted molar refractivity (Wildman–Crippen MR) is 114 cm³/mol. The molecular weight excluding hydrogens is 386 g/mol. The van der Waals surface area contributed by atoms with Crippen molar-refractivity contribution < 1.29 is 9.53 Å². The molecule has 134 valence electrons. The third-order valence-electron chi connectivity index (χ3n) is 3.95. The van der Waals surface area contributed by atoms with Crippen LogP contribution < -0.4 is 9.64 Å². The summed E-state index contributed by atoms with van der Waals surface area (Å²) in [6.45, 7) is 4.12. The molecule has 1 amide bonds. The molecule has 26 heavy (non-hydrogen) atoms. The third-order valence-corrected chi connectivity index (χ3v) is 5.49. The zero-order valence-corrected chi connectivity index (χ0v) is 16.8. The molecule has 0 N–H and O–H groups in total. The second-order valence-corrected chi connectivity index (χ2v) is 8.01.